The molecule has 5 rings (SSSR count). The van der Waals surface area contributed by atoms with Crippen LogP contribution in [0.1, 0.15) is 33.2 Å². The number of halogens is 1. The molecule has 2 aromatic carbocycles. The number of rotatable bonds is 7. The third kappa shape index (κ3) is 4.83. The van der Waals surface area contributed by atoms with E-state index in [4.69, 9.17) is 15.2 Å². The van der Waals surface area contributed by atoms with Gasteiger partial charge in [-0.1, -0.05) is 36.4 Å². The van der Waals surface area contributed by atoms with Crippen LogP contribution < -0.4 is 5.73 Å². The van der Waals surface area contributed by atoms with Gasteiger partial charge in [-0.05, 0) is 53.3 Å². The molecule has 0 radical (unpaired) electrons. The molecule has 0 amide bonds. The molecule has 35 heavy (non-hydrogen) atoms. The lowest BCUT2D eigenvalue weighted by atomic mass is 9.69. The van der Waals surface area contributed by atoms with Crippen molar-refractivity contribution in [3.8, 4) is 0 Å². The zero-order chi connectivity index (χ0) is 24.4. The molecule has 1 aliphatic rings. The van der Waals surface area contributed by atoms with E-state index in [1.807, 2.05) is 16.7 Å². The lowest BCUT2D eigenvalue weighted by molar-refractivity contribution is -0.0307. The van der Waals surface area contributed by atoms with Crippen molar-refractivity contribution in [2.75, 3.05) is 18.9 Å². The van der Waals surface area contributed by atoms with Crippen molar-refractivity contribution in [1.29, 1.82) is 0 Å². The van der Waals surface area contributed by atoms with Crippen LogP contribution in [0.15, 0.2) is 67.0 Å². The molecule has 4 aromatic rings. The molecule has 2 heterocycles. The molecule has 10 heteroatoms. The Morgan fingerprint density at radius 2 is 1.54 bits per heavy atom. The second-order valence-electron chi connectivity index (χ2n) is 8.35. The molecule has 2 N–H and O–H groups in total. The van der Waals surface area contributed by atoms with Gasteiger partial charge in [-0.25, -0.2) is 19.6 Å². The molecule has 0 saturated heterocycles. The molecular weight excluding hydrogens is 561 g/mol. The third-order valence-electron chi connectivity index (χ3n) is 6.26. The van der Waals surface area contributed by atoms with E-state index in [9.17, 15) is 9.59 Å². The fraction of sp³-hybridized carbons (Fsp3) is 0.240. The number of anilines is 1. The summed E-state index contributed by atoms with van der Waals surface area (Å²) in [5, 5.41) is 0. The quantitative estimate of drug-likeness (QED) is 0.198. The summed E-state index contributed by atoms with van der Waals surface area (Å²) in [4.78, 5) is 37.9. The highest BCUT2D eigenvalue weighted by Crippen LogP contribution is 2.46. The second kappa shape index (κ2) is 9.98. The van der Waals surface area contributed by atoms with Crippen LogP contribution in [0.4, 0.5) is 5.95 Å². The average Bonchev–Trinajstić information content (AvgIpc) is 3.27. The molecule has 0 aliphatic heterocycles. The highest BCUT2D eigenvalue weighted by atomic mass is 127. The Kier molecular flexibility index (Phi) is 6.62. The van der Waals surface area contributed by atoms with E-state index in [1.54, 1.807) is 54.9 Å². The number of ether oxygens (including phenoxy) is 2. The minimum atomic E-state index is -0.391. The number of carbonyl (C=O) groups is 2. The minimum Gasteiger partial charge on any atom is -0.462 e. The maximum Gasteiger partial charge on any atom is 0.338 e. The molecule has 178 valence electrons. The summed E-state index contributed by atoms with van der Waals surface area (Å²) in [6.45, 7) is 0.406. The van der Waals surface area contributed by atoms with Crippen LogP contribution in [-0.4, -0.2) is 44.7 Å². The first-order valence-electron chi connectivity index (χ1n) is 11.1. The van der Waals surface area contributed by atoms with Gasteiger partial charge in [0.25, 0.3) is 0 Å². The Morgan fingerprint density at radius 1 is 0.943 bits per heavy atom. The molecule has 1 aliphatic carbocycles. The molecular formula is C25H22IN5O4. The maximum absolute atomic E-state index is 12.6. The first kappa shape index (κ1) is 23.2. The zero-order valence-electron chi connectivity index (χ0n) is 18.6. The standard InChI is InChI=1S/C25H22IN5O4/c26-21-20-22(30-25(27)29-21)28-14-31(20)19-11-17(12-34-23(32)15-7-3-1-4-8-15)18(19)13-35-24(33)16-9-5-2-6-10-16/h1-10,14,17-19H,11-13H2,(H2,27,29,30)/t17-,18+,19-/m1/s1. The maximum atomic E-state index is 12.6. The Labute approximate surface area is 214 Å². The van der Waals surface area contributed by atoms with E-state index >= 15 is 0 Å². The number of nitrogens with two attached hydrogens (primary N) is 1. The van der Waals surface area contributed by atoms with Crippen molar-refractivity contribution in [3.05, 3.63) is 81.8 Å². The lowest BCUT2D eigenvalue weighted by Crippen LogP contribution is -2.44. The Balaban J connectivity index is 1.34. The van der Waals surface area contributed by atoms with E-state index in [1.165, 1.54) is 0 Å². The molecule has 3 atom stereocenters. The Morgan fingerprint density at radius 3 is 2.17 bits per heavy atom. The number of imidazole rings is 1. The van der Waals surface area contributed by atoms with Gasteiger partial charge in [0.2, 0.25) is 5.95 Å². The van der Waals surface area contributed by atoms with E-state index < -0.39 is 5.97 Å². The highest BCUT2D eigenvalue weighted by molar-refractivity contribution is 14.1. The van der Waals surface area contributed by atoms with Crippen molar-refractivity contribution >= 4 is 51.6 Å². The van der Waals surface area contributed by atoms with E-state index in [2.05, 4.69) is 37.5 Å². The van der Waals surface area contributed by atoms with Gasteiger partial charge in [0.1, 0.15) is 9.22 Å². The summed E-state index contributed by atoms with van der Waals surface area (Å²) in [5.41, 5.74) is 8.06. The zero-order valence-corrected chi connectivity index (χ0v) is 20.7. The Hall–Kier alpha value is -3.54. The fourth-order valence-corrected chi connectivity index (χ4v) is 5.14. The van der Waals surface area contributed by atoms with E-state index in [0.29, 0.717) is 20.5 Å². The van der Waals surface area contributed by atoms with Gasteiger partial charge >= 0.3 is 11.9 Å². The van der Waals surface area contributed by atoms with Gasteiger partial charge in [0.05, 0.1) is 30.7 Å². The van der Waals surface area contributed by atoms with Gasteiger partial charge < -0.3 is 19.8 Å². The van der Waals surface area contributed by atoms with Crippen LogP contribution in [0.5, 0.6) is 0 Å². The second-order valence-corrected chi connectivity index (χ2v) is 9.37. The normalized spacial score (nSPS) is 19.2. The van der Waals surface area contributed by atoms with Gasteiger partial charge in [-0.15, -0.1) is 0 Å². The van der Waals surface area contributed by atoms with Crippen LogP contribution in [0.2, 0.25) is 0 Å². The van der Waals surface area contributed by atoms with Crippen molar-refractivity contribution in [2.45, 2.75) is 12.5 Å². The summed E-state index contributed by atoms with van der Waals surface area (Å²) < 4.78 is 14.0. The number of aromatic nitrogens is 4. The number of nitrogens with zero attached hydrogens (tertiary/aromatic N) is 4. The van der Waals surface area contributed by atoms with E-state index in [-0.39, 0.29) is 43.0 Å². The first-order chi connectivity index (χ1) is 17.0. The van der Waals surface area contributed by atoms with Crippen molar-refractivity contribution in [2.24, 2.45) is 11.8 Å². The number of hydrogen-bond donors (Lipinski definition) is 1. The molecule has 1 saturated carbocycles. The van der Waals surface area contributed by atoms with Crippen LogP contribution in [-0.2, 0) is 9.47 Å². The number of benzene rings is 2. The number of carbonyl (C=O) groups excluding carboxylic acids is 2. The van der Waals surface area contributed by atoms with Gasteiger partial charge in [-0.2, -0.15) is 4.98 Å². The largest absolute Gasteiger partial charge is 0.462 e. The Bertz CT molecular complexity index is 1360. The van der Waals surface area contributed by atoms with Crippen LogP contribution >= 0.6 is 22.6 Å². The minimum absolute atomic E-state index is 0.0149. The summed E-state index contributed by atoms with van der Waals surface area (Å²) in [6, 6.07) is 17.7. The number of fused-ring (bicyclic) bond motifs is 1. The molecule has 0 unspecified atom stereocenters. The van der Waals surface area contributed by atoms with Crippen molar-refractivity contribution in [1.82, 2.24) is 19.5 Å². The van der Waals surface area contributed by atoms with Crippen LogP contribution in [0, 0.1) is 15.5 Å². The average molecular weight is 583 g/mol. The van der Waals surface area contributed by atoms with Gasteiger partial charge in [0, 0.05) is 17.9 Å². The molecule has 2 aromatic heterocycles. The molecule has 1 fully saturated rings. The third-order valence-corrected chi connectivity index (χ3v) is 7.01. The molecule has 0 bridgehead atoms. The SMILES string of the molecule is Nc1nc(I)c2c(ncn2[C@@H]2C[C@H](COC(=O)c3ccccc3)[C@@H]2COC(=O)c2ccccc2)n1. The summed E-state index contributed by atoms with van der Waals surface area (Å²) in [7, 11) is 0. The summed E-state index contributed by atoms with van der Waals surface area (Å²) in [5.74, 6) is -0.670. The lowest BCUT2D eigenvalue weighted by Gasteiger charge is -2.44. The fourth-order valence-electron chi connectivity index (χ4n) is 4.38. The molecule has 0 spiro atoms. The monoisotopic (exact) mass is 583 g/mol. The van der Waals surface area contributed by atoms with E-state index in [0.717, 1.165) is 11.9 Å². The van der Waals surface area contributed by atoms with Crippen LogP contribution in [0.3, 0.4) is 0 Å². The van der Waals surface area contributed by atoms with Gasteiger partial charge in [-0.3, -0.25) is 0 Å². The van der Waals surface area contributed by atoms with Crippen molar-refractivity contribution < 1.29 is 19.1 Å². The number of nitrogen functional groups attached to an aromatic ring is 1. The predicted octanol–water partition coefficient (Wildman–Crippen LogP) is 3.90. The van der Waals surface area contributed by atoms with Crippen molar-refractivity contribution in [3.63, 3.8) is 0 Å². The van der Waals surface area contributed by atoms with Crippen LogP contribution in [0.25, 0.3) is 11.2 Å². The van der Waals surface area contributed by atoms with Gasteiger partial charge in [0.15, 0.2) is 5.65 Å². The first-order valence-corrected chi connectivity index (χ1v) is 12.2. The smallest absolute Gasteiger partial charge is 0.338 e. The summed E-state index contributed by atoms with van der Waals surface area (Å²) >= 11 is 2.12. The summed E-state index contributed by atoms with van der Waals surface area (Å²) in [6.07, 6.45) is 2.44. The highest BCUT2D eigenvalue weighted by Gasteiger charge is 2.44. The number of esters is 2. The molecule has 9 nitrogen and oxygen atoms in total. The topological polar surface area (TPSA) is 122 Å². The predicted molar refractivity (Wildman–Crippen MR) is 137 cm³/mol. The number of hydrogen-bond acceptors (Lipinski definition) is 8.